The number of morpholine rings is 1. The third-order valence-corrected chi connectivity index (χ3v) is 4.35. The van der Waals surface area contributed by atoms with Crippen LogP contribution >= 0.6 is 0 Å². The molecule has 2 aromatic carbocycles. The van der Waals surface area contributed by atoms with Gasteiger partial charge in [0.1, 0.15) is 11.5 Å². The molecule has 0 unspecified atom stereocenters. The van der Waals surface area contributed by atoms with E-state index in [1.807, 2.05) is 0 Å². The Hall–Kier alpha value is -3.06. The van der Waals surface area contributed by atoms with Crippen molar-refractivity contribution in [3.8, 4) is 11.5 Å². The maximum Gasteiger partial charge on any atom is 0.255 e. The van der Waals surface area contributed by atoms with Gasteiger partial charge in [-0.15, -0.1) is 0 Å². The molecule has 0 bridgehead atoms. The van der Waals surface area contributed by atoms with E-state index in [0.717, 1.165) is 0 Å². The summed E-state index contributed by atoms with van der Waals surface area (Å²) in [4.78, 5) is 26.8. The van der Waals surface area contributed by atoms with Crippen molar-refractivity contribution in [2.45, 2.75) is 0 Å². The van der Waals surface area contributed by atoms with Gasteiger partial charge in [0.05, 0.1) is 33.1 Å². The van der Waals surface area contributed by atoms with E-state index >= 15 is 0 Å². The van der Waals surface area contributed by atoms with E-state index in [1.165, 1.54) is 7.11 Å². The van der Waals surface area contributed by atoms with E-state index < -0.39 is 0 Å². The number of anilines is 1. The minimum Gasteiger partial charge on any atom is -0.497 e. The zero-order valence-electron chi connectivity index (χ0n) is 15.4. The molecule has 1 aliphatic heterocycles. The lowest BCUT2D eigenvalue weighted by Crippen LogP contribution is -2.40. The van der Waals surface area contributed by atoms with Gasteiger partial charge in [-0.2, -0.15) is 0 Å². The zero-order chi connectivity index (χ0) is 19.2. The lowest BCUT2D eigenvalue weighted by Gasteiger charge is -2.26. The lowest BCUT2D eigenvalue weighted by molar-refractivity contribution is 0.0303. The molecule has 1 heterocycles. The van der Waals surface area contributed by atoms with Gasteiger partial charge in [-0.3, -0.25) is 9.59 Å². The fraction of sp³-hybridized carbons (Fsp3) is 0.300. The number of nitrogens with zero attached hydrogens (tertiary/aromatic N) is 1. The highest BCUT2D eigenvalue weighted by molar-refractivity contribution is 6.05. The fourth-order valence-corrected chi connectivity index (χ4v) is 2.82. The van der Waals surface area contributed by atoms with Crippen molar-refractivity contribution < 1.29 is 23.8 Å². The van der Waals surface area contributed by atoms with Gasteiger partial charge >= 0.3 is 0 Å². The van der Waals surface area contributed by atoms with Crippen LogP contribution in [0.4, 0.5) is 5.69 Å². The highest BCUT2D eigenvalue weighted by atomic mass is 16.5. The second-order valence-electron chi connectivity index (χ2n) is 6.00. The van der Waals surface area contributed by atoms with E-state index in [4.69, 9.17) is 14.2 Å². The summed E-state index contributed by atoms with van der Waals surface area (Å²) >= 11 is 0. The van der Waals surface area contributed by atoms with Crippen molar-refractivity contribution >= 4 is 17.5 Å². The minimum atomic E-state index is -0.299. The monoisotopic (exact) mass is 370 g/mol. The predicted molar refractivity (Wildman–Crippen MR) is 101 cm³/mol. The van der Waals surface area contributed by atoms with Gasteiger partial charge < -0.3 is 24.4 Å². The van der Waals surface area contributed by atoms with E-state index in [9.17, 15) is 9.59 Å². The molecule has 0 atom stereocenters. The van der Waals surface area contributed by atoms with Crippen LogP contribution in [0, 0.1) is 0 Å². The molecule has 0 aliphatic carbocycles. The summed E-state index contributed by atoms with van der Waals surface area (Å²) in [5.74, 6) is 0.785. The van der Waals surface area contributed by atoms with Crippen LogP contribution in [0.5, 0.6) is 11.5 Å². The minimum absolute atomic E-state index is 0.0558. The molecular formula is C20H22N2O5. The number of ether oxygens (including phenoxy) is 3. The molecule has 2 amide bonds. The normalized spacial score (nSPS) is 13.8. The summed E-state index contributed by atoms with van der Waals surface area (Å²) in [6.45, 7) is 2.26. The molecule has 0 spiro atoms. The van der Waals surface area contributed by atoms with Crippen LogP contribution in [0.1, 0.15) is 20.7 Å². The number of carbonyl (C=O) groups excluding carboxylic acids is 2. The van der Waals surface area contributed by atoms with E-state index in [0.29, 0.717) is 54.6 Å². The van der Waals surface area contributed by atoms with Crippen molar-refractivity contribution in [1.82, 2.24) is 4.90 Å². The highest BCUT2D eigenvalue weighted by Gasteiger charge is 2.19. The van der Waals surface area contributed by atoms with Crippen LogP contribution < -0.4 is 14.8 Å². The Morgan fingerprint density at radius 1 is 0.963 bits per heavy atom. The van der Waals surface area contributed by atoms with Crippen LogP contribution in [-0.2, 0) is 4.74 Å². The number of carbonyl (C=O) groups is 2. The smallest absolute Gasteiger partial charge is 0.255 e. The first-order chi connectivity index (χ1) is 13.1. The van der Waals surface area contributed by atoms with Gasteiger partial charge in [-0.25, -0.2) is 0 Å². The lowest BCUT2D eigenvalue weighted by atomic mass is 10.1. The highest BCUT2D eigenvalue weighted by Crippen LogP contribution is 2.29. The Morgan fingerprint density at radius 2 is 1.63 bits per heavy atom. The molecule has 27 heavy (non-hydrogen) atoms. The summed E-state index contributed by atoms with van der Waals surface area (Å²) in [7, 11) is 3.08. The second-order valence-corrected chi connectivity index (χ2v) is 6.00. The SMILES string of the molecule is COc1ccc(OC)c(NC(=O)c2ccc(C(=O)N3CCOCC3)cc2)c1. The number of hydrogen-bond acceptors (Lipinski definition) is 5. The molecule has 2 aromatic rings. The first kappa shape index (κ1) is 18.7. The predicted octanol–water partition coefficient (Wildman–Crippen LogP) is 2.43. The molecule has 1 N–H and O–H groups in total. The van der Waals surface area contributed by atoms with Crippen LogP contribution in [0.2, 0.25) is 0 Å². The Labute approximate surface area is 157 Å². The Kier molecular flexibility index (Phi) is 5.93. The quantitative estimate of drug-likeness (QED) is 0.875. The van der Waals surface area contributed by atoms with Gasteiger partial charge in [0.25, 0.3) is 11.8 Å². The summed E-state index contributed by atoms with van der Waals surface area (Å²) in [5, 5.41) is 2.81. The van der Waals surface area contributed by atoms with Crippen LogP contribution in [0.15, 0.2) is 42.5 Å². The van der Waals surface area contributed by atoms with E-state index in [2.05, 4.69) is 5.32 Å². The summed E-state index contributed by atoms with van der Waals surface area (Å²) < 4.78 is 15.7. The number of methoxy groups -OCH3 is 2. The van der Waals surface area contributed by atoms with Crippen molar-refractivity contribution in [3.63, 3.8) is 0 Å². The first-order valence-corrected chi connectivity index (χ1v) is 8.63. The molecule has 7 heteroatoms. The van der Waals surface area contributed by atoms with E-state index in [-0.39, 0.29) is 11.8 Å². The molecule has 142 valence electrons. The molecule has 1 aliphatic rings. The zero-order valence-corrected chi connectivity index (χ0v) is 15.4. The average Bonchev–Trinajstić information content (AvgIpc) is 2.73. The molecule has 7 nitrogen and oxygen atoms in total. The van der Waals surface area contributed by atoms with Crippen LogP contribution in [-0.4, -0.2) is 57.2 Å². The third-order valence-electron chi connectivity index (χ3n) is 4.35. The maximum atomic E-state index is 12.5. The molecule has 1 fully saturated rings. The molecule has 0 saturated carbocycles. The van der Waals surface area contributed by atoms with Gasteiger partial charge in [0.2, 0.25) is 0 Å². The fourth-order valence-electron chi connectivity index (χ4n) is 2.82. The topological polar surface area (TPSA) is 77.1 Å². The van der Waals surface area contributed by atoms with Gasteiger partial charge in [-0.1, -0.05) is 0 Å². The molecule has 0 aromatic heterocycles. The number of amides is 2. The molecular weight excluding hydrogens is 348 g/mol. The number of rotatable bonds is 5. The van der Waals surface area contributed by atoms with Gasteiger partial charge in [0, 0.05) is 30.3 Å². The summed E-state index contributed by atoms with van der Waals surface area (Å²) in [5.41, 5.74) is 1.50. The van der Waals surface area contributed by atoms with Crippen LogP contribution in [0.3, 0.4) is 0 Å². The van der Waals surface area contributed by atoms with Crippen molar-refractivity contribution in [3.05, 3.63) is 53.6 Å². The molecule has 0 radical (unpaired) electrons. The third kappa shape index (κ3) is 4.38. The van der Waals surface area contributed by atoms with Crippen molar-refractivity contribution in [1.29, 1.82) is 0 Å². The average molecular weight is 370 g/mol. The molecule has 1 saturated heterocycles. The number of nitrogens with one attached hydrogen (secondary N) is 1. The van der Waals surface area contributed by atoms with Crippen LogP contribution in [0.25, 0.3) is 0 Å². The Bertz CT molecular complexity index is 814. The maximum absolute atomic E-state index is 12.5. The summed E-state index contributed by atoms with van der Waals surface area (Å²) in [6, 6.07) is 11.8. The van der Waals surface area contributed by atoms with Gasteiger partial charge in [-0.05, 0) is 36.4 Å². The molecule has 3 rings (SSSR count). The van der Waals surface area contributed by atoms with Crippen molar-refractivity contribution in [2.24, 2.45) is 0 Å². The second kappa shape index (κ2) is 8.55. The van der Waals surface area contributed by atoms with Crippen molar-refractivity contribution in [2.75, 3.05) is 45.8 Å². The Morgan fingerprint density at radius 3 is 2.26 bits per heavy atom. The largest absolute Gasteiger partial charge is 0.497 e. The van der Waals surface area contributed by atoms with Gasteiger partial charge in [0.15, 0.2) is 0 Å². The standard InChI is InChI=1S/C20H22N2O5/c1-25-16-7-8-18(26-2)17(13-16)21-19(23)14-3-5-15(6-4-14)20(24)22-9-11-27-12-10-22/h3-8,13H,9-12H2,1-2H3,(H,21,23). The Balaban J connectivity index is 1.71. The van der Waals surface area contributed by atoms with E-state index in [1.54, 1.807) is 54.5 Å². The first-order valence-electron chi connectivity index (χ1n) is 8.63. The summed E-state index contributed by atoms with van der Waals surface area (Å²) in [6.07, 6.45) is 0. The number of hydrogen-bond donors (Lipinski definition) is 1. The number of benzene rings is 2.